The summed E-state index contributed by atoms with van der Waals surface area (Å²) in [6.45, 7) is 1.85. The van der Waals surface area contributed by atoms with Gasteiger partial charge in [-0.25, -0.2) is 4.99 Å². The number of hydrogen-bond donors (Lipinski definition) is 3. The second kappa shape index (κ2) is 6.60. The first-order chi connectivity index (χ1) is 12.5. The van der Waals surface area contributed by atoms with E-state index < -0.39 is 5.66 Å². The van der Waals surface area contributed by atoms with Crippen LogP contribution in [0.4, 0.5) is 5.82 Å². The first kappa shape index (κ1) is 16.8. The van der Waals surface area contributed by atoms with Crippen LogP contribution in [0.25, 0.3) is 5.57 Å². The molecule has 4 rings (SSSR count). The summed E-state index contributed by atoms with van der Waals surface area (Å²) in [5.41, 5.74) is 8.25. The fraction of sp³-hybridized carbons (Fsp3) is 0.500. The van der Waals surface area contributed by atoms with Gasteiger partial charge in [-0.1, -0.05) is 24.4 Å². The standard InChI is InChI=1S/C18H25N7O/c1-12-8-16(24-26-12)22-17-20-10-15(13-9-21-25(2)11-13)18(19,23-17)14-6-4-3-5-7-14/h8-11,14H,3-7,19H2,1-2H3,(H2,20,22,23,24). The Morgan fingerprint density at radius 2 is 2.15 bits per heavy atom. The van der Waals surface area contributed by atoms with E-state index in [9.17, 15) is 0 Å². The summed E-state index contributed by atoms with van der Waals surface area (Å²) >= 11 is 0. The largest absolute Gasteiger partial charge is 0.360 e. The summed E-state index contributed by atoms with van der Waals surface area (Å²) in [4.78, 5) is 4.53. The number of hydrogen-bond acceptors (Lipinski definition) is 7. The molecule has 0 aromatic carbocycles. The fourth-order valence-corrected chi connectivity index (χ4v) is 3.90. The van der Waals surface area contributed by atoms with Crippen LogP contribution in [0.5, 0.6) is 0 Å². The molecule has 1 aliphatic carbocycles. The van der Waals surface area contributed by atoms with Crippen molar-refractivity contribution < 1.29 is 4.52 Å². The lowest BCUT2D eigenvalue weighted by Gasteiger charge is -2.43. The van der Waals surface area contributed by atoms with Crippen LogP contribution in [-0.2, 0) is 7.05 Å². The minimum atomic E-state index is -0.702. The molecule has 1 saturated carbocycles. The normalized spacial score (nSPS) is 24.0. The van der Waals surface area contributed by atoms with Crippen molar-refractivity contribution in [2.45, 2.75) is 44.7 Å². The molecule has 4 N–H and O–H groups in total. The SMILES string of the molecule is Cc1cc(NC2=NC=C(c3cnn(C)c3)C(N)(C3CCCCC3)N2)no1. The minimum Gasteiger partial charge on any atom is -0.360 e. The van der Waals surface area contributed by atoms with Crippen LogP contribution in [0.2, 0.25) is 0 Å². The lowest BCUT2D eigenvalue weighted by molar-refractivity contribution is 0.240. The third-order valence-electron chi connectivity index (χ3n) is 5.23. The molecule has 0 radical (unpaired) electrons. The number of anilines is 1. The fourth-order valence-electron chi connectivity index (χ4n) is 3.90. The highest BCUT2D eigenvalue weighted by molar-refractivity contribution is 5.97. The molecule has 3 heterocycles. The molecule has 0 bridgehead atoms. The minimum absolute atomic E-state index is 0.328. The van der Waals surface area contributed by atoms with Gasteiger partial charge in [-0.15, -0.1) is 0 Å². The van der Waals surface area contributed by atoms with Crippen LogP contribution in [0.15, 0.2) is 34.2 Å². The van der Waals surface area contributed by atoms with E-state index in [1.54, 1.807) is 4.68 Å². The summed E-state index contributed by atoms with van der Waals surface area (Å²) in [7, 11) is 1.91. The molecule has 8 nitrogen and oxygen atoms in total. The number of guanidine groups is 1. The highest BCUT2D eigenvalue weighted by Crippen LogP contribution is 2.39. The van der Waals surface area contributed by atoms with Gasteiger partial charge in [-0.3, -0.25) is 4.68 Å². The highest BCUT2D eigenvalue weighted by atomic mass is 16.5. The Morgan fingerprint density at radius 1 is 1.35 bits per heavy atom. The molecule has 1 atom stereocenters. The number of nitrogens with one attached hydrogen (secondary N) is 2. The van der Waals surface area contributed by atoms with Crippen molar-refractivity contribution in [3.05, 3.63) is 36.0 Å². The zero-order valence-corrected chi connectivity index (χ0v) is 15.2. The smallest absolute Gasteiger partial charge is 0.203 e. The molecule has 2 aliphatic rings. The van der Waals surface area contributed by atoms with Gasteiger partial charge < -0.3 is 20.9 Å². The van der Waals surface area contributed by atoms with E-state index in [4.69, 9.17) is 10.3 Å². The third-order valence-corrected chi connectivity index (χ3v) is 5.23. The first-order valence-electron chi connectivity index (χ1n) is 9.09. The molecule has 2 aromatic heterocycles. The van der Waals surface area contributed by atoms with Crippen molar-refractivity contribution in [3.63, 3.8) is 0 Å². The molecule has 1 unspecified atom stereocenters. The number of rotatable bonds is 3. The van der Waals surface area contributed by atoms with E-state index in [1.807, 2.05) is 38.6 Å². The van der Waals surface area contributed by atoms with E-state index in [2.05, 4.69) is 25.9 Å². The number of aliphatic imine (C=N–C) groups is 1. The summed E-state index contributed by atoms with van der Waals surface area (Å²) < 4.78 is 6.90. The van der Waals surface area contributed by atoms with E-state index in [-0.39, 0.29) is 0 Å². The van der Waals surface area contributed by atoms with Gasteiger partial charge in [0, 0.05) is 36.6 Å². The quantitative estimate of drug-likeness (QED) is 0.780. The van der Waals surface area contributed by atoms with Crippen LogP contribution in [-0.4, -0.2) is 26.6 Å². The second-order valence-corrected chi connectivity index (χ2v) is 7.20. The predicted molar refractivity (Wildman–Crippen MR) is 100 cm³/mol. The molecule has 138 valence electrons. The molecule has 0 saturated heterocycles. The van der Waals surface area contributed by atoms with Crippen molar-refractivity contribution >= 4 is 17.4 Å². The predicted octanol–water partition coefficient (Wildman–Crippen LogP) is 2.36. The van der Waals surface area contributed by atoms with Gasteiger partial charge >= 0.3 is 0 Å². The summed E-state index contributed by atoms with van der Waals surface area (Å²) in [5, 5.41) is 14.9. The van der Waals surface area contributed by atoms with Crippen molar-refractivity contribution in [1.29, 1.82) is 0 Å². The Hall–Kier alpha value is -2.61. The molecular weight excluding hydrogens is 330 g/mol. The van der Waals surface area contributed by atoms with Gasteiger partial charge in [0.05, 0.1) is 6.20 Å². The van der Waals surface area contributed by atoms with Gasteiger partial charge in [0.15, 0.2) is 5.82 Å². The topological polar surface area (TPSA) is 106 Å². The summed E-state index contributed by atoms with van der Waals surface area (Å²) in [5.74, 6) is 2.26. The van der Waals surface area contributed by atoms with E-state index in [1.165, 1.54) is 19.3 Å². The van der Waals surface area contributed by atoms with Crippen LogP contribution < -0.4 is 16.4 Å². The van der Waals surface area contributed by atoms with Gasteiger partial charge in [-0.05, 0) is 25.7 Å². The lowest BCUT2D eigenvalue weighted by atomic mass is 9.75. The maximum atomic E-state index is 6.99. The Balaban J connectivity index is 1.67. The van der Waals surface area contributed by atoms with Gasteiger partial charge in [0.25, 0.3) is 0 Å². The molecule has 0 spiro atoms. The van der Waals surface area contributed by atoms with E-state index in [0.29, 0.717) is 17.7 Å². The van der Waals surface area contributed by atoms with Crippen LogP contribution in [0.3, 0.4) is 0 Å². The van der Waals surface area contributed by atoms with Gasteiger partial charge in [0.2, 0.25) is 5.96 Å². The van der Waals surface area contributed by atoms with Crippen molar-refractivity contribution in [1.82, 2.24) is 20.3 Å². The number of aryl methyl sites for hydroxylation is 2. The molecule has 1 fully saturated rings. The molecule has 8 heteroatoms. The number of aromatic nitrogens is 3. The van der Waals surface area contributed by atoms with Crippen molar-refractivity contribution in [3.8, 4) is 0 Å². The summed E-state index contributed by atoms with van der Waals surface area (Å²) in [6, 6.07) is 1.82. The highest BCUT2D eigenvalue weighted by Gasteiger charge is 2.42. The first-order valence-corrected chi connectivity index (χ1v) is 9.09. The van der Waals surface area contributed by atoms with Crippen molar-refractivity contribution in [2.75, 3.05) is 5.32 Å². The Morgan fingerprint density at radius 3 is 2.81 bits per heavy atom. The maximum Gasteiger partial charge on any atom is 0.203 e. The second-order valence-electron chi connectivity index (χ2n) is 7.20. The number of nitrogens with zero attached hydrogens (tertiary/aromatic N) is 4. The van der Waals surface area contributed by atoms with E-state index >= 15 is 0 Å². The van der Waals surface area contributed by atoms with Crippen LogP contribution in [0, 0.1) is 12.8 Å². The molecule has 26 heavy (non-hydrogen) atoms. The lowest BCUT2D eigenvalue weighted by Crippen LogP contribution is -2.64. The number of nitrogens with two attached hydrogens (primary N) is 1. The monoisotopic (exact) mass is 355 g/mol. The van der Waals surface area contributed by atoms with E-state index in [0.717, 1.165) is 29.7 Å². The van der Waals surface area contributed by atoms with Crippen molar-refractivity contribution in [2.24, 2.45) is 23.7 Å². The molecule has 2 aromatic rings. The third kappa shape index (κ3) is 3.12. The van der Waals surface area contributed by atoms with Crippen LogP contribution in [0.1, 0.15) is 43.4 Å². The van der Waals surface area contributed by atoms with Gasteiger partial charge in [0.1, 0.15) is 11.4 Å². The Kier molecular flexibility index (Phi) is 4.28. The van der Waals surface area contributed by atoms with Gasteiger partial charge in [-0.2, -0.15) is 5.10 Å². The van der Waals surface area contributed by atoms with Crippen LogP contribution >= 0.6 is 0 Å². The Bertz CT molecular complexity index is 843. The zero-order chi connectivity index (χ0) is 18.1. The molecule has 0 amide bonds. The average molecular weight is 355 g/mol. The summed E-state index contributed by atoms with van der Waals surface area (Å²) in [6.07, 6.45) is 11.5. The average Bonchev–Trinajstić information content (AvgIpc) is 3.24. The molecule has 1 aliphatic heterocycles. The maximum absolute atomic E-state index is 6.99. The molecular formula is C18H25N7O. The Labute approximate surface area is 152 Å². The zero-order valence-electron chi connectivity index (χ0n) is 15.2.